The van der Waals surface area contributed by atoms with Crippen molar-refractivity contribution in [2.75, 3.05) is 5.75 Å². The van der Waals surface area contributed by atoms with Crippen LogP contribution in [0.5, 0.6) is 0 Å². The summed E-state index contributed by atoms with van der Waals surface area (Å²) in [4.78, 5) is 19.1. The first kappa shape index (κ1) is 12.3. The van der Waals surface area contributed by atoms with Crippen molar-refractivity contribution in [1.82, 2.24) is 4.98 Å². The Balaban J connectivity index is 1.93. The smallest absolute Gasteiger partial charge is 0.182 e. The van der Waals surface area contributed by atoms with Gasteiger partial charge in [0, 0.05) is 22.2 Å². The monoisotopic (exact) mass is 263 g/mol. The van der Waals surface area contributed by atoms with Crippen LogP contribution in [-0.4, -0.2) is 16.5 Å². The van der Waals surface area contributed by atoms with Crippen LogP contribution in [0.2, 0.25) is 0 Å². The maximum atomic E-state index is 11.9. The summed E-state index contributed by atoms with van der Waals surface area (Å²) >= 11 is 3.16. The largest absolute Gasteiger partial charge is 0.292 e. The lowest BCUT2D eigenvalue weighted by atomic mass is 10.3. The first-order valence-corrected chi connectivity index (χ1v) is 7.24. The molecule has 2 rings (SSSR count). The third-order valence-electron chi connectivity index (χ3n) is 2.30. The molecular weight excluding hydrogens is 250 g/mol. The van der Waals surface area contributed by atoms with Crippen LogP contribution in [0, 0.1) is 0 Å². The van der Waals surface area contributed by atoms with Crippen molar-refractivity contribution in [3.8, 4) is 0 Å². The van der Waals surface area contributed by atoms with Gasteiger partial charge in [0.05, 0.1) is 10.6 Å². The van der Waals surface area contributed by atoms with Crippen LogP contribution in [0.1, 0.15) is 21.5 Å². The van der Waals surface area contributed by atoms with E-state index in [-0.39, 0.29) is 5.78 Å². The van der Waals surface area contributed by atoms with Gasteiger partial charge in [0.25, 0.3) is 0 Å². The van der Waals surface area contributed by atoms with E-state index >= 15 is 0 Å². The molecule has 0 aromatic carbocycles. The lowest BCUT2D eigenvalue weighted by Crippen LogP contribution is -1.98. The third-order valence-corrected chi connectivity index (χ3v) is 4.59. The average molecular weight is 263 g/mol. The Morgan fingerprint density at radius 2 is 2.06 bits per heavy atom. The average Bonchev–Trinajstić information content (AvgIpc) is 2.86. The Hall–Kier alpha value is -1.13. The summed E-state index contributed by atoms with van der Waals surface area (Å²) in [6, 6.07) is 7.81. The zero-order chi connectivity index (χ0) is 12.1. The SMILES string of the molecule is CCc1ccc(C(=O)CSc2ccncc2)s1. The molecule has 2 aromatic heterocycles. The second-order valence-corrected chi connectivity index (χ2v) is 5.73. The van der Waals surface area contributed by atoms with Crippen LogP contribution in [0.3, 0.4) is 0 Å². The van der Waals surface area contributed by atoms with Gasteiger partial charge in [0.15, 0.2) is 5.78 Å². The molecule has 2 nitrogen and oxygen atoms in total. The zero-order valence-corrected chi connectivity index (χ0v) is 11.2. The molecule has 0 aliphatic carbocycles. The van der Waals surface area contributed by atoms with E-state index < -0.39 is 0 Å². The molecule has 2 heterocycles. The van der Waals surface area contributed by atoms with E-state index in [2.05, 4.69) is 11.9 Å². The number of aryl methyl sites for hydroxylation is 1. The predicted molar refractivity (Wildman–Crippen MR) is 73.0 cm³/mol. The minimum Gasteiger partial charge on any atom is -0.292 e. The number of pyridine rings is 1. The van der Waals surface area contributed by atoms with Gasteiger partial charge in [0.1, 0.15) is 0 Å². The number of hydrogen-bond acceptors (Lipinski definition) is 4. The first-order chi connectivity index (χ1) is 8.29. The molecule has 0 aliphatic heterocycles. The standard InChI is InChI=1S/C13H13NOS2/c1-2-10-3-4-13(17-10)12(15)9-16-11-5-7-14-8-6-11/h3-8H,2,9H2,1H3. The van der Waals surface area contributed by atoms with Crippen molar-refractivity contribution in [1.29, 1.82) is 0 Å². The quantitative estimate of drug-likeness (QED) is 0.609. The number of thiophene rings is 1. The van der Waals surface area contributed by atoms with Crippen molar-refractivity contribution in [2.45, 2.75) is 18.2 Å². The molecule has 0 radical (unpaired) electrons. The fourth-order valence-corrected chi connectivity index (χ4v) is 3.12. The predicted octanol–water partition coefficient (Wildman–Crippen LogP) is 3.68. The first-order valence-electron chi connectivity index (χ1n) is 5.44. The number of nitrogens with zero attached hydrogens (tertiary/aromatic N) is 1. The number of rotatable bonds is 5. The molecule has 0 aliphatic rings. The molecule has 88 valence electrons. The van der Waals surface area contributed by atoms with E-state index in [1.54, 1.807) is 35.5 Å². The van der Waals surface area contributed by atoms with E-state index in [0.29, 0.717) is 5.75 Å². The molecule has 2 aromatic rings. The molecule has 0 saturated carbocycles. The molecule has 0 saturated heterocycles. The lowest BCUT2D eigenvalue weighted by molar-refractivity contribution is 0.102. The fourth-order valence-electron chi connectivity index (χ4n) is 1.37. The Labute approximate surface area is 109 Å². The summed E-state index contributed by atoms with van der Waals surface area (Å²) in [5.74, 6) is 0.699. The number of ketones is 1. The molecule has 0 unspecified atom stereocenters. The van der Waals surface area contributed by atoms with Crippen LogP contribution < -0.4 is 0 Å². The van der Waals surface area contributed by atoms with Crippen LogP contribution in [0.15, 0.2) is 41.6 Å². The summed E-state index contributed by atoms with van der Waals surface area (Å²) in [5.41, 5.74) is 0. The molecular formula is C13H13NOS2. The van der Waals surface area contributed by atoms with E-state index in [9.17, 15) is 4.79 Å². The highest BCUT2D eigenvalue weighted by Gasteiger charge is 2.09. The Bertz CT molecular complexity index is 493. The summed E-state index contributed by atoms with van der Waals surface area (Å²) in [6.45, 7) is 2.10. The van der Waals surface area contributed by atoms with Gasteiger partial charge in [0.2, 0.25) is 0 Å². The van der Waals surface area contributed by atoms with Crippen LogP contribution in [-0.2, 0) is 6.42 Å². The maximum absolute atomic E-state index is 11.9. The third kappa shape index (κ3) is 3.41. The number of carbonyl (C=O) groups excluding carboxylic acids is 1. The second kappa shape index (κ2) is 5.98. The van der Waals surface area contributed by atoms with E-state index in [1.807, 2.05) is 24.3 Å². The van der Waals surface area contributed by atoms with Crippen molar-refractivity contribution < 1.29 is 4.79 Å². The number of aromatic nitrogens is 1. The normalized spacial score (nSPS) is 10.4. The Kier molecular flexibility index (Phi) is 4.34. The van der Waals surface area contributed by atoms with Crippen molar-refractivity contribution in [3.05, 3.63) is 46.4 Å². The van der Waals surface area contributed by atoms with E-state index in [1.165, 1.54) is 4.88 Å². The van der Waals surface area contributed by atoms with Gasteiger partial charge in [-0.05, 0) is 30.7 Å². The highest BCUT2D eigenvalue weighted by Crippen LogP contribution is 2.22. The van der Waals surface area contributed by atoms with Gasteiger partial charge in [-0.15, -0.1) is 23.1 Å². The van der Waals surface area contributed by atoms with E-state index in [4.69, 9.17) is 0 Å². The summed E-state index contributed by atoms with van der Waals surface area (Å²) in [5, 5.41) is 0. The van der Waals surface area contributed by atoms with E-state index in [0.717, 1.165) is 16.2 Å². The minimum absolute atomic E-state index is 0.205. The fraction of sp³-hybridized carbons (Fsp3) is 0.231. The molecule has 0 fully saturated rings. The topological polar surface area (TPSA) is 30.0 Å². The summed E-state index contributed by atoms with van der Waals surface area (Å²) < 4.78 is 0. The van der Waals surface area contributed by atoms with Gasteiger partial charge >= 0.3 is 0 Å². The van der Waals surface area contributed by atoms with Crippen molar-refractivity contribution >= 4 is 28.9 Å². The second-order valence-electron chi connectivity index (χ2n) is 3.51. The number of carbonyl (C=O) groups is 1. The Morgan fingerprint density at radius 3 is 2.71 bits per heavy atom. The van der Waals surface area contributed by atoms with Gasteiger partial charge in [-0.2, -0.15) is 0 Å². The van der Waals surface area contributed by atoms with Crippen molar-refractivity contribution in [2.24, 2.45) is 0 Å². The molecule has 0 spiro atoms. The lowest BCUT2D eigenvalue weighted by Gasteiger charge is -1.98. The maximum Gasteiger partial charge on any atom is 0.182 e. The van der Waals surface area contributed by atoms with Gasteiger partial charge in [-0.3, -0.25) is 9.78 Å². The number of Topliss-reactive ketones (excluding diaryl/α,β-unsaturated/α-hetero) is 1. The molecule has 17 heavy (non-hydrogen) atoms. The Morgan fingerprint density at radius 1 is 1.29 bits per heavy atom. The van der Waals surface area contributed by atoms with Gasteiger partial charge < -0.3 is 0 Å². The summed E-state index contributed by atoms with van der Waals surface area (Å²) in [6.07, 6.45) is 4.48. The molecule has 0 bridgehead atoms. The minimum atomic E-state index is 0.205. The highest BCUT2D eigenvalue weighted by molar-refractivity contribution is 8.00. The zero-order valence-electron chi connectivity index (χ0n) is 9.55. The van der Waals surface area contributed by atoms with Gasteiger partial charge in [-0.25, -0.2) is 0 Å². The van der Waals surface area contributed by atoms with Crippen LogP contribution in [0.25, 0.3) is 0 Å². The summed E-state index contributed by atoms with van der Waals surface area (Å²) in [7, 11) is 0. The number of hydrogen-bond donors (Lipinski definition) is 0. The molecule has 0 N–H and O–H groups in total. The van der Waals surface area contributed by atoms with Crippen molar-refractivity contribution in [3.63, 3.8) is 0 Å². The van der Waals surface area contributed by atoms with Crippen LogP contribution >= 0.6 is 23.1 Å². The number of thioether (sulfide) groups is 1. The highest BCUT2D eigenvalue weighted by atomic mass is 32.2. The van der Waals surface area contributed by atoms with Gasteiger partial charge in [-0.1, -0.05) is 6.92 Å². The molecule has 0 atom stereocenters. The van der Waals surface area contributed by atoms with Crippen LogP contribution in [0.4, 0.5) is 0 Å². The molecule has 4 heteroatoms. The molecule has 0 amide bonds.